The first kappa shape index (κ1) is 14.7. The SMILES string of the molecule is CCN1CCN(C(=O)C2CCNCC2)CC1.Cl. The third kappa shape index (κ3) is 3.83. The highest BCUT2D eigenvalue weighted by Crippen LogP contribution is 2.16. The lowest BCUT2D eigenvalue weighted by atomic mass is 9.96. The summed E-state index contributed by atoms with van der Waals surface area (Å²) in [6.45, 7) is 9.25. The summed E-state index contributed by atoms with van der Waals surface area (Å²) in [6.07, 6.45) is 2.04. The lowest BCUT2D eigenvalue weighted by Crippen LogP contribution is -2.51. The monoisotopic (exact) mass is 261 g/mol. The number of hydrogen-bond donors (Lipinski definition) is 1. The number of carbonyl (C=O) groups excluding carboxylic acids is 1. The van der Waals surface area contributed by atoms with Crippen LogP contribution in [0.4, 0.5) is 0 Å². The summed E-state index contributed by atoms with van der Waals surface area (Å²) >= 11 is 0. The van der Waals surface area contributed by atoms with Crippen LogP contribution >= 0.6 is 12.4 Å². The molecule has 2 aliphatic heterocycles. The number of nitrogens with one attached hydrogen (secondary N) is 1. The molecule has 0 aromatic rings. The number of rotatable bonds is 2. The predicted octanol–water partition coefficient (Wildman–Crippen LogP) is 0.572. The lowest BCUT2D eigenvalue weighted by molar-refractivity contribution is -0.138. The number of piperazine rings is 1. The van der Waals surface area contributed by atoms with Gasteiger partial charge in [-0.3, -0.25) is 4.79 Å². The van der Waals surface area contributed by atoms with Crippen molar-refractivity contribution >= 4 is 18.3 Å². The van der Waals surface area contributed by atoms with E-state index in [1.54, 1.807) is 0 Å². The van der Waals surface area contributed by atoms with Crippen LogP contribution < -0.4 is 5.32 Å². The minimum Gasteiger partial charge on any atom is -0.340 e. The molecule has 17 heavy (non-hydrogen) atoms. The molecule has 0 spiro atoms. The molecular formula is C12H24ClN3O. The fraction of sp³-hybridized carbons (Fsp3) is 0.917. The Morgan fingerprint density at radius 2 is 1.76 bits per heavy atom. The van der Waals surface area contributed by atoms with Gasteiger partial charge in [0.05, 0.1) is 0 Å². The van der Waals surface area contributed by atoms with Crippen LogP contribution in [0.2, 0.25) is 0 Å². The number of piperidine rings is 1. The van der Waals surface area contributed by atoms with Crippen molar-refractivity contribution in [2.75, 3.05) is 45.8 Å². The number of likely N-dealkylation sites (N-methyl/N-ethyl adjacent to an activating group) is 1. The number of halogens is 1. The van der Waals surface area contributed by atoms with Crippen molar-refractivity contribution in [1.82, 2.24) is 15.1 Å². The van der Waals surface area contributed by atoms with E-state index in [4.69, 9.17) is 0 Å². The van der Waals surface area contributed by atoms with Crippen molar-refractivity contribution in [3.63, 3.8) is 0 Å². The Balaban J connectivity index is 0.00000144. The van der Waals surface area contributed by atoms with Crippen LogP contribution in [0.5, 0.6) is 0 Å². The van der Waals surface area contributed by atoms with E-state index in [1.807, 2.05) is 0 Å². The van der Waals surface area contributed by atoms with Gasteiger partial charge in [0.25, 0.3) is 0 Å². The molecule has 0 aliphatic carbocycles. The van der Waals surface area contributed by atoms with Gasteiger partial charge >= 0.3 is 0 Å². The summed E-state index contributed by atoms with van der Waals surface area (Å²) < 4.78 is 0. The molecule has 0 bridgehead atoms. The van der Waals surface area contributed by atoms with Gasteiger partial charge in [0, 0.05) is 32.1 Å². The predicted molar refractivity (Wildman–Crippen MR) is 71.5 cm³/mol. The van der Waals surface area contributed by atoms with Crippen molar-refractivity contribution in [1.29, 1.82) is 0 Å². The zero-order valence-electron chi connectivity index (χ0n) is 10.7. The van der Waals surface area contributed by atoms with Crippen LogP contribution in [0.3, 0.4) is 0 Å². The van der Waals surface area contributed by atoms with E-state index < -0.39 is 0 Å². The largest absolute Gasteiger partial charge is 0.340 e. The zero-order valence-corrected chi connectivity index (χ0v) is 11.5. The Labute approximate surface area is 110 Å². The van der Waals surface area contributed by atoms with E-state index in [9.17, 15) is 4.79 Å². The Bertz CT molecular complexity index is 236. The summed E-state index contributed by atoms with van der Waals surface area (Å²) in [5, 5.41) is 3.31. The molecule has 0 unspecified atom stereocenters. The number of hydrogen-bond acceptors (Lipinski definition) is 3. The van der Waals surface area contributed by atoms with Crippen molar-refractivity contribution in [2.45, 2.75) is 19.8 Å². The Morgan fingerprint density at radius 1 is 1.18 bits per heavy atom. The summed E-state index contributed by atoms with van der Waals surface area (Å²) in [6, 6.07) is 0. The molecule has 0 aromatic heterocycles. The van der Waals surface area contributed by atoms with Gasteiger partial charge in [0.2, 0.25) is 5.91 Å². The average Bonchev–Trinajstić information content (AvgIpc) is 2.39. The molecule has 2 saturated heterocycles. The molecule has 100 valence electrons. The molecule has 1 amide bonds. The second kappa shape index (κ2) is 7.19. The summed E-state index contributed by atoms with van der Waals surface area (Å²) in [7, 11) is 0. The van der Waals surface area contributed by atoms with E-state index in [1.165, 1.54) is 0 Å². The second-order valence-electron chi connectivity index (χ2n) is 4.78. The minimum absolute atomic E-state index is 0. The maximum atomic E-state index is 12.2. The molecule has 1 N–H and O–H groups in total. The second-order valence-corrected chi connectivity index (χ2v) is 4.78. The van der Waals surface area contributed by atoms with Crippen molar-refractivity contribution in [3.05, 3.63) is 0 Å². The van der Waals surface area contributed by atoms with Gasteiger partial charge in [0.1, 0.15) is 0 Å². The highest BCUT2D eigenvalue weighted by Gasteiger charge is 2.27. The molecule has 0 radical (unpaired) electrons. The van der Waals surface area contributed by atoms with Gasteiger partial charge < -0.3 is 15.1 Å². The first-order chi connectivity index (χ1) is 7.81. The Morgan fingerprint density at radius 3 is 2.29 bits per heavy atom. The summed E-state index contributed by atoms with van der Waals surface area (Å²) in [5.41, 5.74) is 0. The van der Waals surface area contributed by atoms with Crippen molar-refractivity contribution in [2.24, 2.45) is 5.92 Å². The van der Waals surface area contributed by atoms with Gasteiger partial charge in [-0.05, 0) is 32.5 Å². The molecule has 2 fully saturated rings. The van der Waals surface area contributed by atoms with Crippen LogP contribution in [0.25, 0.3) is 0 Å². The summed E-state index contributed by atoms with van der Waals surface area (Å²) in [4.78, 5) is 16.7. The van der Waals surface area contributed by atoms with Crippen LogP contribution in [-0.4, -0.2) is 61.5 Å². The van der Waals surface area contributed by atoms with E-state index in [-0.39, 0.29) is 18.3 Å². The maximum Gasteiger partial charge on any atom is 0.225 e. The quantitative estimate of drug-likeness (QED) is 0.790. The number of carbonyl (C=O) groups is 1. The summed E-state index contributed by atoms with van der Waals surface area (Å²) in [5.74, 6) is 0.687. The van der Waals surface area contributed by atoms with Crippen LogP contribution in [0.15, 0.2) is 0 Å². The fourth-order valence-corrected chi connectivity index (χ4v) is 2.61. The van der Waals surface area contributed by atoms with E-state index in [0.29, 0.717) is 5.91 Å². The molecule has 5 heteroatoms. The zero-order chi connectivity index (χ0) is 11.4. The molecule has 2 heterocycles. The third-order valence-electron chi connectivity index (χ3n) is 3.82. The highest BCUT2D eigenvalue weighted by molar-refractivity contribution is 5.85. The first-order valence-electron chi connectivity index (χ1n) is 6.53. The topological polar surface area (TPSA) is 35.6 Å². The van der Waals surface area contributed by atoms with Gasteiger partial charge in [-0.15, -0.1) is 12.4 Å². The van der Waals surface area contributed by atoms with Crippen LogP contribution in [-0.2, 0) is 4.79 Å². The molecule has 2 rings (SSSR count). The van der Waals surface area contributed by atoms with Crippen LogP contribution in [0, 0.1) is 5.92 Å². The fourth-order valence-electron chi connectivity index (χ4n) is 2.61. The highest BCUT2D eigenvalue weighted by atomic mass is 35.5. The van der Waals surface area contributed by atoms with Crippen molar-refractivity contribution < 1.29 is 4.79 Å². The smallest absolute Gasteiger partial charge is 0.225 e. The maximum absolute atomic E-state index is 12.2. The molecular weight excluding hydrogens is 238 g/mol. The van der Waals surface area contributed by atoms with Gasteiger partial charge in [-0.25, -0.2) is 0 Å². The van der Waals surface area contributed by atoms with Gasteiger partial charge in [0.15, 0.2) is 0 Å². The lowest BCUT2D eigenvalue weighted by Gasteiger charge is -2.36. The Kier molecular flexibility index (Phi) is 6.23. The van der Waals surface area contributed by atoms with Crippen LogP contribution in [0.1, 0.15) is 19.8 Å². The first-order valence-corrected chi connectivity index (χ1v) is 6.53. The van der Waals surface area contributed by atoms with E-state index in [0.717, 1.165) is 58.7 Å². The molecule has 0 saturated carbocycles. The van der Waals surface area contributed by atoms with E-state index in [2.05, 4.69) is 22.0 Å². The Hall–Kier alpha value is -0.320. The molecule has 0 aromatic carbocycles. The minimum atomic E-state index is 0. The van der Waals surface area contributed by atoms with Gasteiger partial charge in [-0.1, -0.05) is 6.92 Å². The normalized spacial score (nSPS) is 23.2. The number of amides is 1. The number of nitrogens with zero attached hydrogens (tertiary/aromatic N) is 2. The third-order valence-corrected chi connectivity index (χ3v) is 3.82. The van der Waals surface area contributed by atoms with Gasteiger partial charge in [-0.2, -0.15) is 0 Å². The van der Waals surface area contributed by atoms with Crippen molar-refractivity contribution in [3.8, 4) is 0 Å². The molecule has 4 nitrogen and oxygen atoms in total. The molecule has 2 aliphatic rings. The van der Waals surface area contributed by atoms with E-state index >= 15 is 0 Å². The standard InChI is InChI=1S/C12H23N3O.ClH/c1-2-14-7-9-15(10-8-14)12(16)11-3-5-13-6-4-11;/h11,13H,2-10H2,1H3;1H. The molecule has 0 atom stereocenters. The average molecular weight is 262 g/mol.